The Morgan fingerprint density at radius 2 is 2.12 bits per heavy atom. The van der Waals surface area contributed by atoms with E-state index in [9.17, 15) is 0 Å². The van der Waals surface area contributed by atoms with Crippen molar-refractivity contribution in [2.75, 3.05) is 0 Å². The van der Waals surface area contributed by atoms with Crippen molar-refractivity contribution in [2.24, 2.45) is 0 Å². The SMILES string of the molecule is CCCC(Br)CCc1cccc2ccncc12. The molecule has 17 heavy (non-hydrogen) atoms. The Kier molecular flexibility index (Phi) is 4.55. The van der Waals surface area contributed by atoms with E-state index in [-0.39, 0.29) is 0 Å². The molecule has 0 aliphatic heterocycles. The Hall–Kier alpha value is -0.890. The third-order valence-electron chi connectivity index (χ3n) is 3.10. The third-order valence-corrected chi connectivity index (χ3v) is 4.02. The molecule has 1 aromatic carbocycles. The fraction of sp³-hybridized carbons (Fsp3) is 0.400. The van der Waals surface area contributed by atoms with Gasteiger partial charge in [-0.2, -0.15) is 0 Å². The fourth-order valence-electron chi connectivity index (χ4n) is 2.16. The molecule has 2 heteroatoms. The first-order valence-corrected chi connectivity index (χ1v) is 7.18. The molecule has 0 spiro atoms. The Labute approximate surface area is 111 Å². The van der Waals surface area contributed by atoms with E-state index < -0.39 is 0 Å². The average molecular weight is 292 g/mol. The summed E-state index contributed by atoms with van der Waals surface area (Å²) in [7, 11) is 0. The van der Waals surface area contributed by atoms with Crippen molar-refractivity contribution >= 4 is 26.7 Å². The number of halogens is 1. The Morgan fingerprint density at radius 1 is 1.24 bits per heavy atom. The average Bonchev–Trinajstić information content (AvgIpc) is 2.36. The highest BCUT2D eigenvalue weighted by Crippen LogP contribution is 2.21. The minimum atomic E-state index is 0.638. The van der Waals surface area contributed by atoms with Crippen LogP contribution in [0.3, 0.4) is 0 Å². The van der Waals surface area contributed by atoms with Gasteiger partial charge in [-0.1, -0.05) is 47.5 Å². The number of hydrogen-bond donors (Lipinski definition) is 0. The maximum Gasteiger partial charge on any atom is 0.0349 e. The van der Waals surface area contributed by atoms with Crippen molar-refractivity contribution in [2.45, 2.75) is 37.4 Å². The lowest BCUT2D eigenvalue weighted by Gasteiger charge is -2.10. The van der Waals surface area contributed by atoms with Gasteiger partial charge in [-0.3, -0.25) is 4.98 Å². The van der Waals surface area contributed by atoms with Crippen LogP contribution in [0, 0.1) is 0 Å². The van der Waals surface area contributed by atoms with Crippen LogP contribution < -0.4 is 0 Å². The first-order valence-electron chi connectivity index (χ1n) is 6.27. The summed E-state index contributed by atoms with van der Waals surface area (Å²) >= 11 is 3.74. The molecule has 0 saturated heterocycles. The Balaban J connectivity index is 2.13. The molecule has 0 saturated carbocycles. The first kappa shape index (κ1) is 12.6. The van der Waals surface area contributed by atoms with Gasteiger partial charge in [0.2, 0.25) is 0 Å². The molecule has 0 radical (unpaired) electrons. The number of aryl methyl sites for hydroxylation is 1. The van der Waals surface area contributed by atoms with Gasteiger partial charge in [0, 0.05) is 22.6 Å². The molecular formula is C15H18BrN. The molecule has 0 fully saturated rings. The van der Waals surface area contributed by atoms with Crippen molar-refractivity contribution in [1.82, 2.24) is 4.98 Å². The number of fused-ring (bicyclic) bond motifs is 1. The summed E-state index contributed by atoms with van der Waals surface area (Å²) in [5.41, 5.74) is 1.41. The molecular weight excluding hydrogens is 274 g/mol. The van der Waals surface area contributed by atoms with Crippen LogP contribution in [0.1, 0.15) is 31.7 Å². The number of benzene rings is 1. The number of rotatable bonds is 5. The van der Waals surface area contributed by atoms with Crippen LogP contribution in [-0.4, -0.2) is 9.81 Å². The van der Waals surface area contributed by atoms with E-state index >= 15 is 0 Å². The molecule has 1 atom stereocenters. The van der Waals surface area contributed by atoms with E-state index in [2.05, 4.69) is 52.1 Å². The maximum atomic E-state index is 4.23. The summed E-state index contributed by atoms with van der Waals surface area (Å²) in [6.07, 6.45) is 8.65. The van der Waals surface area contributed by atoms with E-state index in [1.165, 1.54) is 35.6 Å². The van der Waals surface area contributed by atoms with E-state index in [1.54, 1.807) is 0 Å². The van der Waals surface area contributed by atoms with Gasteiger partial charge >= 0.3 is 0 Å². The molecule has 0 bridgehead atoms. The van der Waals surface area contributed by atoms with Crippen molar-refractivity contribution in [3.8, 4) is 0 Å². The van der Waals surface area contributed by atoms with Gasteiger partial charge in [-0.25, -0.2) is 0 Å². The second-order valence-electron chi connectivity index (χ2n) is 4.44. The Bertz CT molecular complexity index is 476. The van der Waals surface area contributed by atoms with E-state index in [1.807, 2.05) is 12.4 Å². The summed E-state index contributed by atoms with van der Waals surface area (Å²) < 4.78 is 0. The largest absolute Gasteiger partial charge is 0.264 e. The summed E-state index contributed by atoms with van der Waals surface area (Å²) in [5.74, 6) is 0. The molecule has 1 nitrogen and oxygen atoms in total. The van der Waals surface area contributed by atoms with Gasteiger partial charge in [0.15, 0.2) is 0 Å². The third kappa shape index (κ3) is 3.29. The highest BCUT2D eigenvalue weighted by molar-refractivity contribution is 9.09. The summed E-state index contributed by atoms with van der Waals surface area (Å²) in [4.78, 5) is 4.86. The summed E-state index contributed by atoms with van der Waals surface area (Å²) in [5, 5.41) is 2.59. The maximum absolute atomic E-state index is 4.23. The second-order valence-corrected chi connectivity index (χ2v) is 5.73. The Morgan fingerprint density at radius 3 is 2.94 bits per heavy atom. The predicted molar refractivity (Wildman–Crippen MR) is 77.7 cm³/mol. The summed E-state index contributed by atoms with van der Waals surface area (Å²) in [6, 6.07) is 8.59. The van der Waals surface area contributed by atoms with E-state index in [0.717, 1.165) is 6.42 Å². The van der Waals surface area contributed by atoms with Crippen molar-refractivity contribution in [1.29, 1.82) is 0 Å². The molecule has 1 heterocycles. The standard InChI is InChI=1S/C15H18BrN/c1-2-4-14(16)8-7-12-5-3-6-13-9-10-17-11-15(12)13/h3,5-6,9-11,14H,2,4,7-8H2,1H3. The van der Waals surface area contributed by atoms with E-state index in [4.69, 9.17) is 0 Å². The number of nitrogens with zero attached hydrogens (tertiary/aromatic N) is 1. The van der Waals surface area contributed by atoms with Crippen LogP contribution in [0.15, 0.2) is 36.7 Å². The lowest BCUT2D eigenvalue weighted by atomic mass is 10.0. The second kappa shape index (κ2) is 6.15. The van der Waals surface area contributed by atoms with Crippen LogP contribution in [0.2, 0.25) is 0 Å². The van der Waals surface area contributed by atoms with Gasteiger partial charge < -0.3 is 0 Å². The molecule has 0 N–H and O–H groups in total. The number of pyridine rings is 1. The van der Waals surface area contributed by atoms with Gasteiger partial charge in [0.1, 0.15) is 0 Å². The first-order chi connectivity index (χ1) is 8.31. The highest BCUT2D eigenvalue weighted by atomic mass is 79.9. The van der Waals surface area contributed by atoms with Crippen LogP contribution in [-0.2, 0) is 6.42 Å². The molecule has 0 aliphatic rings. The van der Waals surface area contributed by atoms with Gasteiger partial charge in [0.05, 0.1) is 0 Å². The van der Waals surface area contributed by atoms with Crippen LogP contribution in [0.25, 0.3) is 10.8 Å². The van der Waals surface area contributed by atoms with E-state index in [0.29, 0.717) is 4.83 Å². The quantitative estimate of drug-likeness (QED) is 0.726. The molecule has 2 aromatic rings. The zero-order valence-corrected chi connectivity index (χ0v) is 11.8. The van der Waals surface area contributed by atoms with Gasteiger partial charge in [0.25, 0.3) is 0 Å². The molecule has 0 aliphatic carbocycles. The van der Waals surface area contributed by atoms with Crippen LogP contribution in [0.5, 0.6) is 0 Å². The molecule has 2 rings (SSSR count). The monoisotopic (exact) mass is 291 g/mol. The zero-order chi connectivity index (χ0) is 12.1. The predicted octanol–water partition coefficient (Wildman–Crippen LogP) is 4.73. The van der Waals surface area contributed by atoms with Crippen LogP contribution >= 0.6 is 15.9 Å². The highest BCUT2D eigenvalue weighted by Gasteiger charge is 2.05. The zero-order valence-electron chi connectivity index (χ0n) is 10.2. The molecule has 1 aromatic heterocycles. The topological polar surface area (TPSA) is 12.9 Å². The number of hydrogen-bond acceptors (Lipinski definition) is 1. The minimum Gasteiger partial charge on any atom is -0.264 e. The van der Waals surface area contributed by atoms with Crippen molar-refractivity contribution in [3.63, 3.8) is 0 Å². The minimum absolute atomic E-state index is 0.638. The van der Waals surface area contributed by atoms with Crippen molar-refractivity contribution < 1.29 is 0 Å². The molecule has 1 unspecified atom stereocenters. The van der Waals surface area contributed by atoms with Crippen molar-refractivity contribution in [3.05, 3.63) is 42.2 Å². The normalized spacial score (nSPS) is 12.8. The van der Waals surface area contributed by atoms with Gasteiger partial charge in [-0.05, 0) is 36.3 Å². The molecule has 0 amide bonds. The fourth-order valence-corrected chi connectivity index (χ4v) is 2.85. The lowest BCUT2D eigenvalue weighted by Crippen LogP contribution is -2.00. The van der Waals surface area contributed by atoms with Crippen LogP contribution in [0.4, 0.5) is 0 Å². The summed E-state index contributed by atoms with van der Waals surface area (Å²) in [6.45, 7) is 2.23. The lowest BCUT2D eigenvalue weighted by molar-refractivity contribution is 0.694. The number of aromatic nitrogens is 1. The number of alkyl halides is 1. The molecule has 90 valence electrons. The smallest absolute Gasteiger partial charge is 0.0349 e. The van der Waals surface area contributed by atoms with Gasteiger partial charge in [-0.15, -0.1) is 0 Å².